The minimum atomic E-state index is -0.539. The zero-order valence-electron chi connectivity index (χ0n) is 13.1. The molecule has 24 heavy (non-hydrogen) atoms. The van der Waals surface area contributed by atoms with Crippen LogP contribution in [0.1, 0.15) is 27.0 Å². The fraction of sp³-hybridized carbons (Fsp3) is 0.222. The first-order valence-corrected chi connectivity index (χ1v) is 7.69. The van der Waals surface area contributed by atoms with Crippen molar-refractivity contribution in [1.82, 2.24) is 10.4 Å². The predicted octanol–water partition coefficient (Wildman–Crippen LogP) is 2.50. The zero-order valence-corrected chi connectivity index (χ0v) is 13.1. The number of hydrogen-bond donors (Lipinski definition) is 2. The molecule has 0 aliphatic carbocycles. The first-order chi connectivity index (χ1) is 11.7. The molecular weight excluding hydrogens is 308 g/mol. The molecule has 6 heteroatoms. The summed E-state index contributed by atoms with van der Waals surface area (Å²) in [6, 6.07) is 14.7. The van der Waals surface area contributed by atoms with Crippen LogP contribution in [-0.4, -0.2) is 28.7 Å². The van der Waals surface area contributed by atoms with Gasteiger partial charge in [-0.15, -0.1) is 0 Å². The van der Waals surface area contributed by atoms with Gasteiger partial charge in [0.2, 0.25) is 0 Å². The monoisotopic (exact) mass is 326 g/mol. The van der Waals surface area contributed by atoms with E-state index in [1.807, 2.05) is 30.3 Å². The molecule has 0 saturated heterocycles. The van der Waals surface area contributed by atoms with Gasteiger partial charge in [0.15, 0.2) is 0 Å². The molecule has 2 N–H and O–H groups in total. The molecule has 0 atom stereocenters. The molecule has 0 saturated carbocycles. The standard InChI is InChI=1S/C18H18N2O4/c21-17(19-23)15-6-7-16-11-20(9-8-14(16)10-15)18(22)24-12-13-4-2-1-3-5-13/h1-7,10,23H,8-9,11-12H2,(H,19,21). The van der Waals surface area contributed by atoms with Gasteiger partial charge in [-0.3, -0.25) is 10.0 Å². The van der Waals surface area contributed by atoms with Gasteiger partial charge in [0.25, 0.3) is 5.91 Å². The van der Waals surface area contributed by atoms with Crippen LogP contribution in [-0.2, 0) is 24.3 Å². The lowest BCUT2D eigenvalue weighted by Gasteiger charge is -2.28. The summed E-state index contributed by atoms with van der Waals surface area (Å²) in [5.74, 6) is -0.539. The molecule has 1 heterocycles. The van der Waals surface area contributed by atoms with Crippen LogP contribution in [0.5, 0.6) is 0 Å². The van der Waals surface area contributed by atoms with Crippen LogP contribution < -0.4 is 5.48 Å². The molecule has 124 valence electrons. The lowest BCUT2D eigenvalue weighted by molar-refractivity contribution is 0.0705. The van der Waals surface area contributed by atoms with E-state index in [1.54, 1.807) is 28.6 Å². The maximum absolute atomic E-state index is 12.2. The van der Waals surface area contributed by atoms with E-state index in [0.717, 1.165) is 16.7 Å². The average molecular weight is 326 g/mol. The summed E-state index contributed by atoms with van der Waals surface area (Å²) in [4.78, 5) is 25.3. The maximum Gasteiger partial charge on any atom is 0.410 e. The average Bonchev–Trinajstić information content (AvgIpc) is 2.65. The first kappa shape index (κ1) is 16.0. The smallest absolute Gasteiger partial charge is 0.410 e. The number of nitrogens with one attached hydrogen (secondary N) is 1. The second-order valence-electron chi connectivity index (χ2n) is 5.64. The summed E-state index contributed by atoms with van der Waals surface area (Å²) in [6.07, 6.45) is 0.296. The second-order valence-corrected chi connectivity index (χ2v) is 5.64. The van der Waals surface area contributed by atoms with Gasteiger partial charge >= 0.3 is 6.09 Å². The van der Waals surface area contributed by atoms with Gasteiger partial charge < -0.3 is 9.64 Å². The van der Waals surface area contributed by atoms with E-state index >= 15 is 0 Å². The number of carbonyl (C=O) groups is 2. The molecule has 2 aromatic rings. The maximum atomic E-state index is 12.2. The Morgan fingerprint density at radius 2 is 1.92 bits per heavy atom. The lowest BCUT2D eigenvalue weighted by Crippen LogP contribution is -2.36. The second kappa shape index (κ2) is 7.14. The van der Waals surface area contributed by atoms with Gasteiger partial charge in [-0.1, -0.05) is 36.4 Å². The highest BCUT2D eigenvalue weighted by Gasteiger charge is 2.22. The molecule has 6 nitrogen and oxygen atoms in total. The quantitative estimate of drug-likeness (QED) is 0.671. The van der Waals surface area contributed by atoms with Gasteiger partial charge in [-0.2, -0.15) is 0 Å². The van der Waals surface area contributed by atoms with Crippen molar-refractivity contribution in [2.24, 2.45) is 0 Å². The van der Waals surface area contributed by atoms with E-state index in [1.165, 1.54) is 0 Å². The molecule has 1 aliphatic rings. The van der Waals surface area contributed by atoms with Crippen LogP contribution in [0.15, 0.2) is 48.5 Å². The summed E-state index contributed by atoms with van der Waals surface area (Å²) >= 11 is 0. The molecule has 0 spiro atoms. The van der Waals surface area contributed by atoms with Crippen molar-refractivity contribution in [2.45, 2.75) is 19.6 Å². The molecule has 1 aliphatic heterocycles. The third-order valence-electron chi connectivity index (χ3n) is 4.05. The SMILES string of the molecule is O=C(NO)c1ccc2c(c1)CCN(C(=O)OCc1ccccc1)C2. The van der Waals surface area contributed by atoms with Crippen molar-refractivity contribution in [3.63, 3.8) is 0 Å². The highest BCUT2D eigenvalue weighted by Crippen LogP contribution is 2.21. The number of fused-ring (bicyclic) bond motifs is 1. The number of nitrogens with zero attached hydrogens (tertiary/aromatic N) is 1. The Balaban J connectivity index is 1.62. The van der Waals surface area contributed by atoms with E-state index in [4.69, 9.17) is 9.94 Å². The van der Waals surface area contributed by atoms with Gasteiger partial charge in [-0.05, 0) is 35.2 Å². The summed E-state index contributed by atoms with van der Waals surface area (Å²) < 4.78 is 5.35. The summed E-state index contributed by atoms with van der Waals surface area (Å²) in [5.41, 5.74) is 4.95. The van der Waals surface area contributed by atoms with Crippen molar-refractivity contribution in [2.75, 3.05) is 6.54 Å². The molecule has 2 aromatic carbocycles. The number of hydrogen-bond acceptors (Lipinski definition) is 4. The van der Waals surface area contributed by atoms with Crippen LogP contribution in [0.4, 0.5) is 4.79 Å². The number of ether oxygens (including phenoxy) is 1. The lowest BCUT2D eigenvalue weighted by atomic mass is 9.97. The van der Waals surface area contributed by atoms with Crippen LogP contribution in [0.25, 0.3) is 0 Å². The molecule has 0 radical (unpaired) electrons. The van der Waals surface area contributed by atoms with Crippen molar-refractivity contribution in [3.05, 3.63) is 70.8 Å². The number of amides is 2. The minimum Gasteiger partial charge on any atom is -0.445 e. The number of rotatable bonds is 3. The summed E-state index contributed by atoms with van der Waals surface area (Å²) in [7, 11) is 0. The largest absolute Gasteiger partial charge is 0.445 e. The molecule has 0 aromatic heterocycles. The van der Waals surface area contributed by atoms with E-state index in [2.05, 4.69) is 0 Å². The van der Waals surface area contributed by atoms with Crippen molar-refractivity contribution >= 4 is 12.0 Å². The Kier molecular flexibility index (Phi) is 4.77. The van der Waals surface area contributed by atoms with Crippen LogP contribution >= 0.6 is 0 Å². The Labute approximate surface area is 139 Å². The molecule has 0 bridgehead atoms. The van der Waals surface area contributed by atoms with Gasteiger partial charge in [0, 0.05) is 18.7 Å². The van der Waals surface area contributed by atoms with Crippen LogP contribution in [0, 0.1) is 0 Å². The molecule has 0 unspecified atom stereocenters. The number of benzene rings is 2. The van der Waals surface area contributed by atoms with Crippen molar-refractivity contribution in [3.8, 4) is 0 Å². The highest BCUT2D eigenvalue weighted by molar-refractivity contribution is 5.93. The molecular formula is C18H18N2O4. The summed E-state index contributed by atoms with van der Waals surface area (Å²) in [5, 5.41) is 8.69. The van der Waals surface area contributed by atoms with Crippen LogP contribution in [0.3, 0.4) is 0 Å². The van der Waals surface area contributed by atoms with Gasteiger partial charge in [0.1, 0.15) is 6.61 Å². The van der Waals surface area contributed by atoms with Crippen molar-refractivity contribution < 1.29 is 19.5 Å². The van der Waals surface area contributed by atoms with E-state index in [0.29, 0.717) is 25.1 Å². The fourth-order valence-corrected chi connectivity index (χ4v) is 2.73. The Bertz CT molecular complexity index is 746. The Morgan fingerprint density at radius 3 is 2.67 bits per heavy atom. The summed E-state index contributed by atoms with van der Waals surface area (Å²) in [6.45, 7) is 1.23. The molecule has 3 rings (SSSR count). The van der Waals surface area contributed by atoms with Crippen LogP contribution in [0.2, 0.25) is 0 Å². The third-order valence-corrected chi connectivity index (χ3v) is 4.05. The number of carbonyl (C=O) groups excluding carboxylic acids is 2. The van der Waals surface area contributed by atoms with Crippen molar-refractivity contribution in [1.29, 1.82) is 0 Å². The van der Waals surface area contributed by atoms with E-state index in [-0.39, 0.29) is 12.7 Å². The Morgan fingerprint density at radius 1 is 1.12 bits per heavy atom. The van der Waals surface area contributed by atoms with E-state index < -0.39 is 5.91 Å². The fourth-order valence-electron chi connectivity index (χ4n) is 2.73. The predicted molar refractivity (Wildman–Crippen MR) is 86.4 cm³/mol. The van der Waals surface area contributed by atoms with Gasteiger partial charge in [-0.25, -0.2) is 10.3 Å². The van der Waals surface area contributed by atoms with Gasteiger partial charge in [0.05, 0.1) is 0 Å². The van der Waals surface area contributed by atoms with E-state index in [9.17, 15) is 9.59 Å². The molecule has 2 amide bonds. The third kappa shape index (κ3) is 3.55. The highest BCUT2D eigenvalue weighted by atomic mass is 16.6. The molecule has 0 fully saturated rings. The number of hydroxylamine groups is 1. The zero-order chi connectivity index (χ0) is 16.9. The topological polar surface area (TPSA) is 78.9 Å². The minimum absolute atomic E-state index is 0.249. The normalized spacial score (nSPS) is 13.1. The first-order valence-electron chi connectivity index (χ1n) is 7.69. The Hall–Kier alpha value is -2.86.